The molecule has 0 spiro atoms. The number of aromatic amines is 1. The van der Waals surface area contributed by atoms with Crippen LogP contribution in [0.25, 0.3) is 11.4 Å². The minimum Gasteiger partial charge on any atom is -0.444 e. The van der Waals surface area contributed by atoms with Gasteiger partial charge < -0.3 is 9.72 Å². The smallest absolute Gasteiger partial charge is 0.413 e. The summed E-state index contributed by atoms with van der Waals surface area (Å²) in [5.74, 6) is 1.86. The van der Waals surface area contributed by atoms with Crippen molar-refractivity contribution < 1.29 is 9.53 Å². The molecular weight excluding hydrogens is 304 g/mol. The third kappa shape index (κ3) is 3.58. The zero-order chi connectivity index (χ0) is 17.3. The summed E-state index contributed by atoms with van der Waals surface area (Å²) in [7, 11) is 0. The molecule has 1 aliphatic carbocycles. The molecule has 2 heterocycles. The zero-order valence-electron chi connectivity index (χ0n) is 14.6. The monoisotopic (exact) mass is 328 g/mol. The molecule has 0 radical (unpaired) electrons. The molecule has 0 fully saturated rings. The SMILES string of the molecule is CCC1CCc2[nH]c(-c3ccc(NC(=O)OC(C)(C)C)nc3)nc21. The summed E-state index contributed by atoms with van der Waals surface area (Å²) >= 11 is 0. The van der Waals surface area contributed by atoms with Gasteiger partial charge in [-0.05, 0) is 52.2 Å². The van der Waals surface area contributed by atoms with Crippen molar-refractivity contribution in [2.45, 2.75) is 58.5 Å². The van der Waals surface area contributed by atoms with Crippen LogP contribution in [0.5, 0.6) is 0 Å². The van der Waals surface area contributed by atoms with E-state index in [2.05, 4.69) is 22.2 Å². The number of pyridine rings is 1. The fourth-order valence-electron chi connectivity index (χ4n) is 2.96. The molecule has 1 aliphatic rings. The maximum atomic E-state index is 11.8. The van der Waals surface area contributed by atoms with Gasteiger partial charge in [-0.25, -0.2) is 14.8 Å². The molecule has 2 aromatic heterocycles. The molecule has 128 valence electrons. The molecule has 0 aromatic carbocycles. The van der Waals surface area contributed by atoms with Crippen LogP contribution in [0, 0.1) is 0 Å². The highest BCUT2D eigenvalue weighted by molar-refractivity contribution is 5.83. The molecule has 0 bridgehead atoms. The number of H-pyrrole nitrogens is 1. The summed E-state index contributed by atoms with van der Waals surface area (Å²) in [5, 5.41) is 2.63. The van der Waals surface area contributed by atoms with Gasteiger partial charge in [0.1, 0.15) is 17.2 Å². The molecule has 3 rings (SSSR count). The molecule has 6 heteroatoms. The summed E-state index contributed by atoms with van der Waals surface area (Å²) in [4.78, 5) is 24.2. The Morgan fingerprint density at radius 2 is 2.21 bits per heavy atom. The van der Waals surface area contributed by atoms with Crippen LogP contribution in [0.15, 0.2) is 18.3 Å². The standard InChI is InChI=1S/C18H24N4O2/c1-5-11-6-8-13-15(11)22-16(20-13)12-7-9-14(19-10-12)21-17(23)24-18(2,3)4/h7,9-11H,5-6,8H2,1-4H3,(H,20,22)(H,19,21,23). The molecule has 0 saturated carbocycles. The van der Waals surface area contributed by atoms with Gasteiger partial charge in [-0.15, -0.1) is 0 Å². The van der Waals surface area contributed by atoms with Gasteiger partial charge in [-0.2, -0.15) is 0 Å². The summed E-state index contributed by atoms with van der Waals surface area (Å²) in [6.07, 6.45) is 4.57. The molecule has 2 aromatic rings. The van der Waals surface area contributed by atoms with Crippen molar-refractivity contribution in [3.05, 3.63) is 29.7 Å². The van der Waals surface area contributed by atoms with Crippen LogP contribution in [0.4, 0.5) is 10.6 Å². The van der Waals surface area contributed by atoms with Gasteiger partial charge >= 0.3 is 6.09 Å². The second kappa shape index (κ2) is 6.26. The molecule has 1 atom stereocenters. The number of nitrogens with one attached hydrogen (secondary N) is 2. The number of carbonyl (C=O) groups is 1. The van der Waals surface area contributed by atoms with Crippen LogP contribution in [-0.2, 0) is 11.2 Å². The number of amides is 1. The molecule has 24 heavy (non-hydrogen) atoms. The van der Waals surface area contributed by atoms with Crippen LogP contribution in [-0.4, -0.2) is 26.6 Å². The van der Waals surface area contributed by atoms with Gasteiger partial charge in [0, 0.05) is 23.4 Å². The first kappa shape index (κ1) is 16.5. The van der Waals surface area contributed by atoms with Crippen molar-refractivity contribution in [3.8, 4) is 11.4 Å². The predicted octanol–water partition coefficient (Wildman–Crippen LogP) is 4.26. The van der Waals surface area contributed by atoms with Crippen molar-refractivity contribution in [2.75, 3.05) is 5.32 Å². The van der Waals surface area contributed by atoms with Crippen LogP contribution < -0.4 is 5.32 Å². The van der Waals surface area contributed by atoms with E-state index < -0.39 is 11.7 Å². The van der Waals surface area contributed by atoms with Crippen LogP contribution in [0.3, 0.4) is 0 Å². The molecule has 0 aliphatic heterocycles. The highest BCUT2D eigenvalue weighted by Crippen LogP contribution is 2.35. The lowest BCUT2D eigenvalue weighted by Crippen LogP contribution is -2.27. The summed E-state index contributed by atoms with van der Waals surface area (Å²) in [6, 6.07) is 3.65. The predicted molar refractivity (Wildman–Crippen MR) is 93.0 cm³/mol. The highest BCUT2D eigenvalue weighted by atomic mass is 16.6. The van der Waals surface area contributed by atoms with Crippen molar-refractivity contribution in [2.24, 2.45) is 0 Å². The Balaban J connectivity index is 1.70. The maximum Gasteiger partial charge on any atom is 0.413 e. The van der Waals surface area contributed by atoms with E-state index >= 15 is 0 Å². The Bertz CT molecular complexity index is 728. The van der Waals surface area contributed by atoms with Crippen molar-refractivity contribution >= 4 is 11.9 Å². The first-order valence-corrected chi connectivity index (χ1v) is 8.41. The number of ether oxygens (including phenoxy) is 1. The van der Waals surface area contributed by atoms with Crippen molar-refractivity contribution in [3.63, 3.8) is 0 Å². The Morgan fingerprint density at radius 1 is 1.42 bits per heavy atom. The molecule has 2 N–H and O–H groups in total. The Kier molecular flexibility index (Phi) is 4.30. The van der Waals surface area contributed by atoms with E-state index in [-0.39, 0.29) is 0 Å². The minimum atomic E-state index is -0.533. The molecular formula is C18H24N4O2. The number of hydrogen-bond donors (Lipinski definition) is 2. The van der Waals surface area contributed by atoms with Crippen molar-refractivity contribution in [1.29, 1.82) is 0 Å². The highest BCUT2D eigenvalue weighted by Gasteiger charge is 2.25. The number of aryl methyl sites for hydroxylation is 1. The minimum absolute atomic E-state index is 0.457. The first-order valence-electron chi connectivity index (χ1n) is 8.41. The summed E-state index contributed by atoms with van der Waals surface area (Å²) < 4.78 is 5.21. The Labute approximate surface area is 142 Å². The number of anilines is 1. The summed E-state index contributed by atoms with van der Waals surface area (Å²) in [5.41, 5.74) is 2.82. The topological polar surface area (TPSA) is 79.9 Å². The van der Waals surface area contributed by atoms with Gasteiger partial charge in [-0.3, -0.25) is 5.32 Å². The van der Waals surface area contributed by atoms with E-state index in [0.29, 0.717) is 11.7 Å². The lowest BCUT2D eigenvalue weighted by molar-refractivity contribution is 0.0635. The third-order valence-electron chi connectivity index (χ3n) is 4.10. The number of imidazole rings is 1. The number of fused-ring (bicyclic) bond motifs is 1. The second-order valence-corrected chi connectivity index (χ2v) is 7.15. The van der Waals surface area contributed by atoms with Gasteiger partial charge in [0.25, 0.3) is 0 Å². The van der Waals surface area contributed by atoms with Gasteiger partial charge in [-0.1, -0.05) is 6.92 Å². The fourth-order valence-corrected chi connectivity index (χ4v) is 2.96. The number of hydrogen-bond acceptors (Lipinski definition) is 4. The average molecular weight is 328 g/mol. The van der Waals surface area contributed by atoms with E-state index in [4.69, 9.17) is 9.72 Å². The molecule has 1 amide bonds. The van der Waals surface area contributed by atoms with Gasteiger partial charge in [0.05, 0.1) is 5.69 Å². The van der Waals surface area contributed by atoms with Gasteiger partial charge in [0.2, 0.25) is 0 Å². The van der Waals surface area contributed by atoms with Crippen LogP contribution in [0.2, 0.25) is 0 Å². The van der Waals surface area contributed by atoms with E-state index in [9.17, 15) is 4.79 Å². The largest absolute Gasteiger partial charge is 0.444 e. The van der Waals surface area contributed by atoms with E-state index in [1.165, 1.54) is 17.8 Å². The maximum absolute atomic E-state index is 11.8. The zero-order valence-corrected chi connectivity index (χ0v) is 14.6. The number of carbonyl (C=O) groups excluding carboxylic acids is 1. The lowest BCUT2D eigenvalue weighted by atomic mass is 10.1. The van der Waals surface area contributed by atoms with E-state index in [1.807, 2.05) is 26.8 Å². The first-order chi connectivity index (χ1) is 11.4. The normalized spacial score (nSPS) is 16.8. The number of nitrogens with zero attached hydrogens (tertiary/aromatic N) is 2. The fraction of sp³-hybridized carbons (Fsp3) is 0.500. The Hall–Kier alpha value is -2.37. The average Bonchev–Trinajstić information content (AvgIpc) is 3.05. The van der Waals surface area contributed by atoms with E-state index in [0.717, 1.165) is 24.2 Å². The second-order valence-electron chi connectivity index (χ2n) is 7.15. The lowest BCUT2D eigenvalue weighted by Gasteiger charge is -2.19. The summed E-state index contributed by atoms with van der Waals surface area (Å²) in [6.45, 7) is 7.67. The molecule has 1 unspecified atom stereocenters. The van der Waals surface area contributed by atoms with E-state index in [1.54, 1.807) is 12.3 Å². The van der Waals surface area contributed by atoms with Crippen LogP contribution in [0.1, 0.15) is 57.8 Å². The molecule has 0 saturated heterocycles. The van der Waals surface area contributed by atoms with Crippen LogP contribution >= 0.6 is 0 Å². The van der Waals surface area contributed by atoms with Gasteiger partial charge in [0.15, 0.2) is 0 Å². The third-order valence-corrected chi connectivity index (χ3v) is 4.10. The number of rotatable bonds is 3. The quantitative estimate of drug-likeness (QED) is 0.882. The van der Waals surface area contributed by atoms with Crippen molar-refractivity contribution in [1.82, 2.24) is 15.0 Å². The Morgan fingerprint density at radius 3 is 2.83 bits per heavy atom. The molecule has 6 nitrogen and oxygen atoms in total. The number of aromatic nitrogens is 3.